The second kappa shape index (κ2) is 6.31. The minimum absolute atomic E-state index is 0.344. The van der Waals surface area contributed by atoms with Crippen LogP contribution in [0.5, 0.6) is 0 Å². The smallest absolute Gasteiger partial charge is 0.289 e. The summed E-state index contributed by atoms with van der Waals surface area (Å²) < 4.78 is 5.20. The standard InChI is InChI=1S/C17H16N4O2/c1-11-5-7-13(8-6-11)14-10-15(20-19-14)17(22)21-18-12(2)16-4-3-9-23-16/h3-10H,1-2H3,(H,19,20)(H,21,22)/b18-12-. The number of H-pyrrole nitrogens is 1. The molecule has 0 aliphatic heterocycles. The Kier molecular flexibility index (Phi) is 4.05. The number of hydrazone groups is 1. The molecule has 0 atom stereocenters. The van der Waals surface area contributed by atoms with Gasteiger partial charge >= 0.3 is 0 Å². The van der Waals surface area contributed by atoms with Crippen LogP contribution >= 0.6 is 0 Å². The third-order valence-electron chi connectivity index (χ3n) is 3.37. The third kappa shape index (κ3) is 3.37. The molecule has 6 nitrogen and oxygen atoms in total. The number of benzene rings is 1. The first-order chi connectivity index (χ1) is 11.1. The SMILES string of the molecule is C/C(=N/NC(=O)c1cc(-c2ccc(C)cc2)n[nH]1)c1ccco1. The molecule has 0 aliphatic rings. The normalized spacial score (nSPS) is 11.5. The van der Waals surface area contributed by atoms with Crippen LogP contribution in [-0.4, -0.2) is 21.8 Å². The molecule has 0 radical (unpaired) electrons. The molecule has 0 unspecified atom stereocenters. The monoisotopic (exact) mass is 308 g/mol. The van der Waals surface area contributed by atoms with Crippen molar-refractivity contribution >= 4 is 11.6 Å². The summed E-state index contributed by atoms with van der Waals surface area (Å²) in [6.07, 6.45) is 1.55. The van der Waals surface area contributed by atoms with E-state index in [0.29, 0.717) is 22.9 Å². The zero-order valence-electron chi connectivity index (χ0n) is 12.8. The molecular weight excluding hydrogens is 292 g/mol. The average molecular weight is 308 g/mol. The molecule has 3 aromatic rings. The average Bonchev–Trinajstić information content (AvgIpc) is 3.24. The van der Waals surface area contributed by atoms with Gasteiger partial charge < -0.3 is 4.42 Å². The van der Waals surface area contributed by atoms with Crippen LogP contribution in [0.4, 0.5) is 0 Å². The molecule has 2 aromatic heterocycles. The molecule has 0 bridgehead atoms. The molecule has 23 heavy (non-hydrogen) atoms. The maximum Gasteiger partial charge on any atom is 0.289 e. The van der Waals surface area contributed by atoms with Gasteiger partial charge in [0.15, 0.2) is 0 Å². The third-order valence-corrected chi connectivity index (χ3v) is 3.37. The van der Waals surface area contributed by atoms with Crippen molar-refractivity contribution in [2.75, 3.05) is 0 Å². The van der Waals surface area contributed by atoms with Gasteiger partial charge in [-0.3, -0.25) is 9.89 Å². The summed E-state index contributed by atoms with van der Waals surface area (Å²) in [5.41, 5.74) is 6.23. The summed E-state index contributed by atoms with van der Waals surface area (Å²) in [7, 11) is 0. The van der Waals surface area contributed by atoms with E-state index >= 15 is 0 Å². The number of amides is 1. The number of aryl methyl sites for hydroxylation is 1. The Morgan fingerprint density at radius 1 is 1.26 bits per heavy atom. The Morgan fingerprint density at radius 2 is 2.04 bits per heavy atom. The second-order valence-corrected chi connectivity index (χ2v) is 5.15. The lowest BCUT2D eigenvalue weighted by molar-refractivity contribution is 0.0950. The molecule has 0 saturated heterocycles. The fourth-order valence-corrected chi connectivity index (χ4v) is 2.04. The number of aromatic nitrogens is 2. The van der Waals surface area contributed by atoms with Gasteiger partial charge in [0, 0.05) is 5.56 Å². The first-order valence-corrected chi connectivity index (χ1v) is 7.14. The number of furan rings is 1. The van der Waals surface area contributed by atoms with E-state index in [4.69, 9.17) is 4.42 Å². The molecule has 6 heteroatoms. The molecule has 0 saturated carbocycles. The molecule has 1 amide bonds. The van der Waals surface area contributed by atoms with Crippen molar-refractivity contribution in [1.82, 2.24) is 15.6 Å². The minimum atomic E-state index is -0.359. The number of carbonyl (C=O) groups is 1. The van der Waals surface area contributed by atoms with E-state index in [1.807, 2.05) is 31.2 Å². The van der Waals surface area contributed by atoms with Crippen LogP contribution < -0.4 is 5.43 Å². The molecule has 0 aliphatic carbocycles. The van der Waals surface area contributed by atoms with Crippen molar-refractivity contribution in [2.24, 2.45) is 5.10 Å². The summed E-state index contributed by atoms with van der Waals surface area (Å²) in [4.78, 5) is 12.1. The van der Waals surface area contributed by atoms with Crippen molar-refractivity contribution in [3.63, 3.8) is 0 Å². The van der Waals surface area contributed by atoms with Crippen molar-refractivity contribution in [1.29, 1.82) is 0 Å². The molecule has 3 rings (SSSR count). The van der Waals surface area contributed by atoms with Crippen molar-refractivity contribution in [3.8, 4) is 11.3 Å². The highest BCUT2D eigenvalue weighted by Gasteiger charge is 2.11. The zero-order valence-corrected chi connectivity index (χ0v) is 12.8. The number of rotatable bonds is 4. The van der Waals surface area contributed by atoms with Gasteiger partial charge in [0.25, 0.3) is 5.91 Å². The van der Waals surface area contributed by atoms with Gasteiger partial charge in [0.1, 0.15) is 17.2 Å². The van der Waals surface area contributed by atoms with E-state index in [1.54, 1.807) is 31.4 Å². The molecule has 116 valence electrons. The Hall–Kier alpha value is -3.15. The Labute approximate surface area is 133 Å². The zero-order chi connectivity index (χ0) is 16.2. The Balaban J connectivity index is 1.71. The molecule has 0 spiro atoms. The maximum atomic E-state index is 12.1. The van der Waals surface area contributed by atoms with Gasteiger partial charge in [0.05, 0.1) is 12.0 Å². The number of nitrogens with zero attached hydrogens (tertiary/aromatic N) is 2. The number of hydrogen-bond donors (Lipinski definition) is 2. The fraction of sp³-hybridized carbons (Fsp3) is 0.118. The van der Waals surface area contributed by atoms with E-state index in [-0.39, 0.29) is 5.91 Å². The summed E-state index contributed by atoms with van der Waals surface area (Å²) in [6.45, 7) is 3.77. The van der Waals surface area contributed by atoms with E-state index in [9.17, 15) is 4.79 Å². The number of aromatic amines is 1. The van der Waals surface area contributed by atoms with Gasteiger partial charge in [-0.05, 0) is 32.0 Å². The highest BCUT2D eigenvalue weighted by Crippen LogP contribution is 2.18. The Bertz CT molecular complexity index is 830. The van der Waals surface area contributed by atoms with Gasteiger partial charge in [-0.2, -0.15) is 10.2 Å². The van der Waals surface area contributed by atoms with Crippen molar-refractivity contribution in [3.05, 3.63) is 65.7 Å². The summed E-state index contributed by atoms with van der Waals surface area (Å²) in [6, 6.07) is 13.2. The van der Waals surface area contributed by atoms with Gasteiger partial charge in [-0.15, -0.1) is 0 Å². The quantitative estimate of drug-likeness (QED) is 0.573. The molecule has 0 fully saturated rings. The fourth-order valence-electron chi connectivity index (χ4n) is 2.04. The number of nitrogens with one attached hydrogen (secondary N) is 2. The predicted molar refractivity (Wildman–Crippen MR) is 87.1 cm³/mol. The van der Waals surface area contributed by atoms with Crippen LogP contribution in [0.3, 0.4) is 0 Å². The lowest BCUT2D eigenvalue weighted by Gasteiger charge is -1.98. The van der Waals surface area contributed by atoms with Crippen LogP contribution in [0.1, 0.15) is 28.7 Å². The van der Waals surface area contributed by atoms with Gasteiger partial charge in [0.2, 0.25) is 0 Å². The van der Waals surface area contributed by atoms with Gasteiger partial charge in [-0.1, -0.05) is 29.8 Å². The highest BCUT2D eigenvalue weighted by molar-refractivity contribution is 5.98. The van der Waals surface area contributed by atoms with Crippen LogP contribution in [0.15, 0.2) is 58.2 Å². The van der Waals surface area contributed by atoms with Crippen LogP contribution in [0, 0.1) is 6.92 Å². The summed E-state index contributed by atoms with van der Waals surface area (Å²) >= 11 is 0. The van der Waals surface area contributed by atoms with Crippen molar-refractivity contribution < 1.29 is 9.21 Å². The first-order valence-electron chi connectivity index (χ1n) is 7.14. The van der Waals surface area contributed by atoms with E-state index in [2.05, 4.69) is 20.7 Å². The summed E-state index contributed by atoms with van der Waals surface area (Å²) in [5.74, 6) is 0.247. The van der Waals surface area contributed by atoms with Crippen LogP contribution in [0.2, 0.25) is 0 Å². The molecule has 2 heterocycles. The molecule has 2 N–H and O–H groups in total. The lowest BCUT2D eigenvalue weighted by atomic mass is 10.1. The second-order valence-electron chi connectivity index (χ2n) is 5.15. The Morgan fingerprint density at radius 3 is 2.74 bits per heavy atom. The summed E-state index contributed by atoms with van der Waals surface area (Å²) in [5, 5.41) is 10.9. The first kappa shape index (κ1) is 14.8. The molecule has 1 aromatic carbocycles. The topological polar surface area (TPSA) is 83.3 Å². The number of hydrogen-bond acceptors (Lipinski definition) is 4. The highest BCUT2D eigenvalue weighted by atomic mass is 16.3. The van der Waals surface area contributed by atoms with Crippen LogP contribution in [-0.2, 0) is 0 Å². The van der Waals surface area contributed by atoms with Gasteiger partial charge in [-0.25, -0.2) is 5.43 Å². The molecular formula is C17H16N4O2. The lowest BCUT2D eigenvalue weighted by Crippen LogP contribution is -2.19. The maximum absolute atomic E-state index is 12.1. The van der Waals surface area contributed by atoms with E-state index < -0.39 is 0 Å². The van der Waals surface area contributed by atoms with E-state index in [1.165, 1.54) is 5.56 Å². The largest absolute Gasteiger partial charge is 0.463 e. The van der Waals surface area contributed by atoms with Crippen LogP contribution in [0.25, 0.3) is 11.3 Å². The van der Waals surface area contributed by atoms with Crippen molar-refractivity contribution in [2.45, 2.75) is 13.8 Å². The van der Waals surface area contributed by atoms with E-state index in [0.717, 1.165) is 5.56 Å². The predicted octanol–water partition coefficient (Wildman–Crippen LogP) is 3.13. The minimum Gasteiger partial charge on any atom is -0.463 e. The number of carbonyl (C=O) groups excluding carboxylic acids is 1.